The minimum Gasteiger partial charge on any atom is -0.497 e. The van der Waals surface area contributed by atoms with Gasteiger partial charge in [-0.05, 0) is 43.2 Å². The molecule has 3 aromatic rings. The van der Waals surface area contributed by atoms with Gasteiger partial charge < -0.3 is 14.7 Å². The van der Waals surface area contributed by atoms with E-state index in [2.05, 4.69) is 5.10 Å². The molecule has 1 N–H and O–H groups in total. The fraction of sp³-hybridized carbons (Fsp3) is 0.227. The summed E-state index contributed by atoms with van der Waals surface area (Å²) in [5, 5.41) is 14.0. The summed E-state index contributed by atoms with van der Waals surface area (Å²) in [6.45, 7) is 0.422. The van der Waals surface area contributed by atoms with Crippen LogP contribution in [0.5, 0.6) is 5.75 Å². The zero-order chi connectivity index (χ0) is 20.4. The van der Waals surface area contributed by atoms with E-state index in [1.54, 1.807) is 17.9 Å². The molecule has 0 spiro atoms. The highest BCUT2D eigenvalue weighted by atomic mass is 16.5. The second-order valence-corrected chi connectivity index (χ2v) is 6.89. The zero-order valence-corrected chi connectivity index (χ0v) is 16.0. The lowest BCUT2D eigenvalue weighted by Crippen LogP contribution is -2.40. The first-order valence-electron chi connectivity index (χ1n) is 9.42. The number of rotatable bonds is 5. The number of likely N-dealkylation sites (tertiary alicyclic amines) is 1. The van der Waals surface area contributed by atoms with Crippen molar-refractivity contribution in [2.75, 3.05) is 13.7 Å². The van der Waals surface area contributed by atoms with Crippen molar-refractivity contribution >= 4 is 11.9 Å². The monoisotopic (exact) mass is 391 g/mol. The molecule has 1 fully saturated rings. The summed E-state index contributed by atoms with van der Waals surface area (Å²) >= 11 is 0. The third-order valence-corrected chi connectivity index (χ3v) is 5.11. The minimum atomic E-state index is -0.978. The Labute approximate surface area is 168 Å². The number of aliphatic carboxylic acids is 1. The summed E-state index contributed by atoms with van der Waals surface area (Å²) < 4.78 is 6.92. The molecule has 1 amide bonds. The van der Waals surface area contributed by atoms with Crippen LogP contribution in [0.15, 0.2) is 60.7 Å². The number of benzene rings is 2. The number of hydrogen-bond donors (Lipinski definition) is 1. The van der Waals surface area contributed by atoms with E-state index in [-0.39, 0.29) is 11.6 Å². The average Bonchev–Trinajstić information content (AvgIpc) is 3.42. The van der Waals surface area contributed by atoms with Crippen LogP contribution in [0, 0.1) is 0 Å². The zero-order valence-electron chi connectivity index (χ0n) is 16.0. The van der Waals surface area contributed by atoms with Crippen LogP contribution in [0.1, 0.15) is 23.3 Å². The van der Waals surface area contributed by atoms with E-state index in [1.165, 1.54) is 4.90 Å². The van der Waals surface area contributed by atoms with Gasteiger partial charge in [-0.3, -0.25) is 4.79 Å². The number of nitrogens with zero attached hydrogens (tertiary/aromatic N) is 3. The van der Waals surface area contributed by atoms with Crippen LogP contribution in [-0.2, 0) is 4.79 Å². The van der Waals surface area contributed by atoms with Gasteiger partial charge in [0.2, 0.25) is 0 Å². The normalized spacial score (nSPS) is 16.0. The first-order valence-corrected chi connectivity index (χ1v) is 9.42. The van der Waals surface area contributed by atoms with Gasteiger partial charge in [0, 0.05) is 12.1 Å². The highest BCUT2D eigenvalue weighted by Gasteiger charge is 2.35. The van der Waals surface area contributed by atoms with Crippen molar-refractivity contribution < 1.29 is 19.4 Å². The lowest BCUT2D eigenvalue weighted by molar-refractivity contribution is -0.141. The predicted octanol–water partition coefficient (Wildman–Crippen LogP) is 3.24. The summed E-state index contributed by atoms with van der Waals surface area (Å²) in [6.07, 6.45) is 1.14. The van der Waals surface area contributed by atoms with Crippen molar-refractivity contribution in [2.45, 2.75) is 18.9 Å². The van der Waals surface area contributed by atoms with E-state index in [1.807, 2.05) is 54.6 Å². The van der Waals surface area contributed by atoms with Gasteiger partial charge in [0.05, 0.1) is 18.5 Å². The maximum absolute atomic E-state index is 13.1. The van der Waals surface area contributed by atoms with E-state index in [4.69, 9.17) is 4.74 Å². The molecule has 2 aromatic carbocycles. The topological polar surface area (TPSA) is 84.7 Å². The van der Waals surface area contributed by atoms with Gasteiger partial charge in [-0.25, -0.2) is 9.48 Å². The maximum Gasteiger partial charge on any atom is 0.326 e. The Kier molecular flexibility index (Phi) is 5.03. The summed E-state index contributed by atoms with van der Waals surface area (Å²) in [6, 6.07) is 18.0. The first-order chi connectivity index (χ1) is 14.1. The Balaban J connectivity index is 1.77. The highest BCUT2D eigenvalue weighted by Crippen LogP contribution is 2.27. The molecule has 1 saturated heterocycles. The molecule has 29 heavy (non-hydrogen) atoms. The van der Waals surface area contributed by atoms with Gasteiger partial charge in [-0.1, -0.05) is 30.3 Å². The Hall–Kier alpha value is -3.61. The van der Waals surface area contributed by atoms with Gasteiger partial charge in [-0.15, -0.1) is 0 Å². The van der Waals surface area contributed by atoms with E-state index in [0.29, 0.717) is 19.4 Å². The lowest BCUT2D eigenvalue weighted by atomic mass is 10.1. The molecule has 0 aliphatic carbocycles. The maximum atomic E-state index is 13.1. The van der Waals surface area contributed by atoms with Gasteiger partial charge in [-0.2, -0.15) is 5.10 Å². The molecule has 7 heteroatoms. The third-order valence-electron chi connectivity index (χ3n) is 5.11. The van der Waals surface area contributed by atoms with Crippen molar-refractivity contribution in [3.8, 4) is 22.7 Å². The number of amides is 1. The van der Waals surface area contributed by atoms with E-state index >= 15 is 0 Å². The quantitative estimate of drug-likeness (QED) is 0.722. The third kappa shape index (κ3) is 3.59. The molecule has 0 bridgehead atoms. The Morgan fingerprint density at radius 2 is 1.83 bits per heavy atom. The Bertz CT molecular complexity index is 1030. The van der Waals surface area contributed by atoms with Crippen LogP contribution in [0.2, 0.25) is 0 Å². The molecule has 2 heterocycles. The van der Waals surface area contributed by atoms with Crippen molar-refractivity contribution in [3.05, 3.63) is 66.4 Å². The van der Waals surface area contributed by atoms with Gasteiger partial charge >= 0.3 is 5.97 Å². The molecular formula is C22H21N3O4. The highest BCUT2D eigenvalue weighted by molar-refractivity contribution is 5.96. The van der Waals surface area contributed by atoms with Crippen LogP contribution in [0.25, 0.3) is 16.9 Å². The number of hydrogen-bond acceptors (Lipinski definition) is 4. The second kappa shape index (κ2) is 7.79. The molecule has 0 saturated carbocycles. The standard InChI is InChI=1S/C22H21N3O4/c1-29-17-11-9-16(10-12-17)25-20(15-6-3-2-4-7-15)14-18(23-25)21(26)24-13-5-8-19(24)22(27)28/h2-4,6-7,9-12,14,19H,5,8,13H2,1H3,(H,27,28). The summed E-state index contributed by atoms with van der Waals surface area (Å²) in [5.74, 6) is -0.618. The van der Waals surface area contributed by atoms with Crippen LogP contribution in [0.4, 0.5) is 0 Å². The SMILES string of the molecule is COc1ccc(-n2nc(C(=O)N3CCCC3C(=O)O)cc2-c2ccccc2)cc1. The molecule has 4 rings (SSSR count). The number of carbonyl (C=O) groups is 2. The minimum absolute atomic E-state index is 0.229. The van der Waals surface area contributed by atoms with Crippen molar-refractivity contribution in [3.63, 3.8) is 0 Å². The van der Waals surface area contributed by atoms with E-state index in [0.717, 1.165) is 22.7 Å². The number of aromatic nitrogens is 2. The van der Waals surface area contributed by atoms with E-state index in [9.17, 15) is 14.7 Å². The van der Waals surface area contributed by atoms with Crippen LogP contribution < -0.4 is 4.74 Å². The smallest absolute Gasteiger partial charge is 0.326 e. The fourth-order valence-electron chi connectivity index (χ4n) is 3.63. The first kappa shape index (κ1) is 18.7. The number of carbonyl (C=O) groups excluding carboxylic acids is 1. The van der Waals surface area contributed by atoms with E-state index < -0.39 is 12.0 Å². The average molecular weight is 391 g/mol. The molecule has 1 aliphatic rings. The molecule has 1 aromatic heterocycles. The Morgan fingerprint density at radius 3 is 2.48 bits per heavy atom. The van der Waals surface area contributed by atoms with Crippen LogP contribution in [-0.4, -0.2) is 51.4 Å². The van der Waals surface area contributed by atoms with Gasteiger partial charge in [0.25, 0.3) is 5.91 Å². The summed E-state index contributed by atoms with van der Waals surface area (Å²) in [4.78, 5) is 25.9. The van der Waals surface area contributed by atoms with Crippen LogP contribution in [0.3, 0.4) is 0 Å². The number of carboxylic acid groups (broad SMARTS) is 1. The van der Waals surface area contributed by atoms with Crippen molar-refractivity contribution in [1.82, 2.24) is 14.7 Å². The molecule has 1 atom stereocenters. The van der Waals surface area contributed by atoms with Gasteiger partial charge in [0.1, 0.15) is 11.8 Å². The molecular weight excluding hydrogens is 370 g/mol. The molecule has 1 aliphatic heterocycles. The molecule has 148 valence electrons. The van der Waals surface area contributed by atoms with Crippen molar-refractivity contribution in [2.24, 2.45) is 0 Å². The fourth-order valence-corrected chi connectivity index (χ4v) is 3.63. The molecule has 7 nitrogen and oxygen atoms in total. The predicted molar refractivity (Wildman–Crippen MR) is 107 cm³/mol. The van der Waals surface area contributed by atoms with Gasteiger partial charge in [0.15, 0.2) is 5.69 Å². The van der Waals surface area contributed by atoms with Crippen molar-refractivity contribution in [1.29, 1.82) is 0 Å². The summed E-state index contributed by atoms with van der Waals surface area (Å²) in [5.41, 5.74) is 2.67. The Morgan fingerprint density at radius 1 is 1.10 bits per heavy atom. The number of ether oxygens (including phenoxy) is 1. The largest absolute Gasteiger partial charge is 0.497 e. The molecule has 1 unspecified atom stereocenters. The summed E-state index contributed by atoms with van der Waals surface area (Å²) in [7, 11) is 1.60. The second-order valence-electron chi connectivity index (χ2n) is 6.89. The molecule has 0 radical (unpaired) electrons. The number of carboxylic acids is 1. The number of methoxy groups -OCH3 is 1. The van der Waals surface area contributed by atoms with Crippen LogP contribution >= 0.6 is 0 Å². The lowest BCUT2D eigenvalue weighted by Gasteiger charge is -2.20.